The van der Waals surface area contributed by atoms with Gasteiger partial charge in [0.1, 0.15) is 6.04 Å². The van der Waals surface area contributed by atoms with Crippen LogP contribution in [0, 0.1) is 12.8 Å². The largest absolute Gasteiger partial charge is 0.350 e. The topological polar surface area (TPSA) is 106 Å². The number of aromatic nitrogens is 3. The summed E-state index contributed by atoms with van der Waals surface area (Å²) in [5.41, 5.74) is 1.73. The molecule has 1 unspecified atom stereocenters. The number of hydrogen-bond acceptors (Lipinski definition) is 5. The van der Waals surface area contributed by atoms with E-state index in [1.54, 1.807) is 47.5 Å². The molecule has 0 spiro atoms. The summed E-state index contributed by atoms with van der Waals surface area (Å²) >= 11 is 0. The minimum atomic E-state index is -3.83. The van der Waals surface area contributed by atoms with Crippen molar-refractivity contribution in [1.29, 1.82) is 0 Å². The van der Waals surface area contributed by atoms with Crippen LogP contribution < -0.4 is 10.0 Å². The van der Waals surface area contributed by atoms with Gasteiger partial charge in [-0.2, -0.15) is 9.82 Å². The SMILES string of the molecule is Cc1ccc(S(=O)(=O)NC(CC(C)C)C(=O)NCc2cccnc2-n2cccn2)cc1. The fraction of sp³-hybridized carbons (Fsp3) is 0.318. The van der Waals surface area contributed by atoms with Gasteiger partial charge >= 0.3 is 0 Å². The first-order valence-corrected chi connectivity index (χ1v) is 11.5. The molecule has 9 heteroatoms. The lowest BCUT2D eigenvalue weighted by Gasteiger charge is -2.20. The normalized spacial score (nSPS) is 12.6. The van der Waals surface area contributed by atoms with Crippen LogP contribution in [0.2, 0.25) is 0 Å². The number of pyridine rings is 1. The zero-order valence-corrected chi connectivity index (χ0v) is 18.6. The number of amides is 1. The van der Waals surface area contributed by atoms with Crippen molar-refractivity contribution < 1.29 is 13.2 Å². The highest BCUT2D eigenvalue weighted by Crippen LogP contribution is 2.14. The standard InChI is InChI=1S/C22H27N5O3S/c1-16(2)14-20(26-31(29,30)19-9-7-17(3)8-10-19)22(28)24-15-18-6-4-11-23-21(18)27-13-5-12-25-27/h4-13,16,20,26H,14-15H2,1-3H3,(H,24,28). The Bertz CT molecular complexity index is 1110. The van der Waals surface area contributed by atoms with E-state index in [0.717, 1.165) is 11.1 Å². The molecule has 1 atom stereocenters. The number of nitrogens with one attached hydrogen (secondary N) is 2. The van der Waals surface area contributed by atoms with Gasteiger partial charge in [-0.05, 0) is 43.5 Å². The predicted octanol–water partition coefficient (Wildman–Crippen LogP) is 2.59. The summed E-state index contributed by atoms with van der Waals surface area (Å²) < 4.78 is 29.8. The van der Waals surface area contributed by atoms with Crippen LogP contribution in [0.5, 0.6) is 0 Å². The summed E-state index contributed by atoms with van der Waals surface area (Å²) in [5, 5.41) is 7.03. The molecular weight excluding hydrogens is 414 g/mol. The van der Waals surface area contributed by atoms with Gasteiger partial charge in [0.25, 0.3) is 0 Å². The van der Waals surface area contributed by atoms with Gasteiger partial charge < -0.3 is 5.32 Å². The van der Waals surface area contributed by atoms with Crippen LogP contribution in [0.3, 0.4) is 0 Å². The lowest BCUT2D eigenvalue weighted by molar-refractivity contribution is -0.123. The molecule has 0 saturated carbocycles. The fourth-order valence-corrected chi connectivity index (χ4v) is 4.34. The maximum Gasteiger partial charge on any atom is 0.241 e. The number of carbonyl (C=O) groups excluding carboxylic acids is 1. The summed E-state index contributed by atoms with van der Waals surface area (Å²) in [7, 11) is -3.83. The van der Waals surface area contributed by atoms with E-state index in [0.29, 0.717) is 12.2 Å². The molecular formula is C22H27N5O3S. The van der Waals surface area contributed by atoms with Crippen molar-refractivity contribution in [3.63, 3.8) is 0 Å². The van der Waals surface area contributed by atoms with Crippen molar-refractivity contribution in [1.82, 2.24) is 24.8 Å². The van der Waals surface area contributed by atoms with Crippen LogP contribution in [0.25, 0.3) is 5.82 Å². The average Bonchev–Trinajstić information content (AvgIpc) is 3.26. The number of hydrogen-bond donors (Lipinski definition) is 2. The average molecular weight is 442 g/mol. The molecule has 8 nitrogen and oxygen atoms in total. The van der Waals surface area contributed by atoms with E-state index in [1.807, 2.05) is 26.8 Å². The highest BCUT2D eigenvalue weighted by Gasteiger charge is 2.26. The Morgan fingerprint density at radius 1 is 1.10 bits per heavy atom. The van der Waals surface area contributed by atoms with E-state index in [9.17, 15) is 13.2 Å². The van der Waals surface area contributed by atoms with E-state index < -0.39 is 16.1 Å². The number of nitrogens with zero attached hydrogens (tertiary/aromatic N) is 3. The smallest absolute Gasteiger partial charge is 0.241 e. The second-order valence-corrected chi connectivity index (χ2v) is 9.49. The van der Waals surface area contributed by atoms with Gasteiger partial charge in [0.05, 0.1) is 4.90 Å². The van der Waals surface area contributed by atoms with E-state index in [-0.39, 0.29) is 23.3 Å². The minimum absolute atomic E-state index is 0.120. The summed E-state index contributed by atoms with van der Waals surface area (Å²) in [4.78, 5) is 17.4. The van der Waals surface area contributed by atoms with Crippen LogP contribution in [-0.4, -0.2) is 35.1 Å². The van der Waals surface area contributed by atoms with Crippen molar-refractivity contribution in [2.45, 2.75) is 44.7 Å². The van der Waals surface area contributed by atoms with Gasteiger partial charge in [0.15, 0.2) is 5.82 Å². The van der Waals surface area contributed by atoms with E-state index >= 15 is 0 Å². The summed E-state index contributed by atoms with van der Waals surface area (Å²) in [6, 6.07) is 11.0. The zero-order valence-electron chi connectivity index (χ0n) is 17.8. The Kier molecular flexibility index (Phi) is 7.19. The Hall–Kier alpha value is -3.04. The lowest BCUT2D eigenvalue weighted by Crippen LogP contribution is -2.47. The first kappa shape index (κ1) is 22.6. The number of carbonyl (C=O) groups is 1. The van der Waals surface area contributed by atoms with Crippen LogP contribution in [-0.2, 0) is 21.4 Å². The van der Waals surface area contributed by atoms with E-state index in [2.05, 4.69) is 20.1 Å². The molecule has 0 aliphatic heterocycles. The molecule has 0 radical (unpaired) electrons. The molecule has 2 heterocycles. The van der Waals surface area contributed by atoms with Gasteiger partial charge in [-0.1, -0.05) is 37.6 Å². The van der Waals surface area contributed by atoms with Gasteiger partial charge in [-0.15, -0.1) is 0 Å². The minimum Gasteiger partial charge on any atom is -0.350 e. The quantitative estimate of drug-likeness (QED) is 0.531. The molecule has 0 aliphatic carbocycles. The summed E-state index contributed by atoms with van der Waals surface area (Å²) in [6.45, 7) is 5.96. The summed E-state index contributed by atoms with van der Waals surface area (Å²) in [5.74, 6) is 0.336. The first-order valence-electron chi connectivity index (χ1n) is 10.1. The van der Waals surface area contributed by atoms with Gasteiger partial charge in [0.2, 0.25) is 15.9 Å². The molecule has 3 aromatic rings. The molecule has 0 aliphatic rings. The fourth-order valence-electron chi connectivity index (χ4n) is 3.13. The lowest BCUT2D eigenvalue weighted by atomic mass is 10.0. The molecule has 0 saturated heterocycles. The van der Waals surface area contributed by atoms with Crippen molar-refractivity contribution in [3.8, 4) is 5.82 Å². The number of benzene rings is 1. The number of sulfonamides is 1. The van der Waals surface area contributed by atoms with E-state index in [1.165, 1.54) is 12.1 Å². The molecule has 0 bridgehead atoms. The van der Waals surface area contributed by atoms with Crippen LogP contribution in [0.4, 0.5) is 0 Å². The molecule has 164 valence electrons. The van der Waals surface area contributed by atoms with Crippen LogP contribution in [0.15, 0.2) is 66.0 Å². The molecule has 2 N–H and O–H groups in total. The second-order valence-electron chi connectivity index (χ2n) is 7.77. The van der Waals surface area contributed by atoms with Crippen LogP contribution in [0.1, 0.15) is 31.4 Å². The second kappa shape index (κ2) is 9.84. The molecule has 3 rings (SSSR count). The molecule has 1 amide bonds. The highest BCUT2D eigenvalue weighted by atomic mass is 32.2. The maximum absolute atomic E-state index is 12.9. The Morgan fingerprint density at radius 2 is 1.84 bits per heavy atom. The van der Waals surface area contributed by atoms with Gasteiger partial charge in [-0.3, -0.25) is 4.79 Å². The number of aryl methyl sites for hydroxylation is 1. The Morgan fingerprint density at radius 3 is 2.48 bits per heavy atom. The molecule has 31 heavy (non-hydrogen) atoms. The molecule has 1 aromatic carbocycles. The third-order valence-corrected chi connectivity index (χ3v) is 6.18. The molecule has 0 fully saturated rings. The predicted molar refractivity (Wildman–Crippen MR) is 118 cm³/mol. The number of rotatable bonds is 9. The van der Waals surface area contributed by atoms with Gasteiger partial charge in [-0.25, -0.2) is 18.1 Å². The first-order chi connectivity index (χ1) is 14.8. The molecule has 2 aromatic heterocycles. The van der Waals surface area contributed by atoms with Gasteiger partial charge in [0, 0.05) is 30.7 Å². The van der Waals surface area contributed by atoms with Crippen LogP contribution >= 0.6 is 0 Å². The third-order valence-electron chi connectivity index (χ3n) is 4.69. The monoisotopic (exact) mass is 441 g/mol. The highest BCUT2D eigenvalue weighted by molar-refractivity contribution is 7.89. The van der Waals surface area contributed by atoms with Crippen molar-refractivity contribution in [2.24, 2.45) is 5.92 Å². The summed E-state index contributed by atoms with van der Waals surface area (Å²) in [6.07, 6.45) is 5.44. The Balaban J connectivity index is 1.75. The maximum atomic E-state index is 12.9. The Labute approximate surface area is 182 Å². The van der Waals surface area contributed by atoms with E-state index in [4.69, 9.17) is 0 Å². The van der Waals surface area contributed by atoms with Crippen molar-refractivity contribution in [3.05, 3.63) is 72.2 Å². The zero-order chi connectivity index (χ0) is 22.4. The third kappa shape index (κ3) is 5.99. The van der Waals surface area contributed by atoms with Crippen molar-refractivity contribution in [2.75, 3.05) is 0 Å². The van der Waals surface area contributed by atoms with Crippen molar-refractivity contribution >= 4 is 15.9 Å².